The molecule has 0 saturated heterocycles. The molecular weight excluding hydrogens is 522 g/mol. The summed E-state index contributed by atoms with van der Waals surface area (Å²) in [5, 5.41) is 5.54. The molecule has 0 aliphatic rings. The van der Waals surface area contributed by atoms with Gasteiger partial charge in [0, 0.05) is 12.6 Å². The minimum absolute atomic E-state index is 0.00721. The molecule has 5 N–H and O–H groups in total. The molecule has 0 aliphatic heterocycles. The largest absolute Gasteiger partial charge is 0.484 e. The monoisotopic (exact) mass is 551 g/mol. The van der Waals surface area contributed by atoms with Crippen LogP contribution in [0.3, 0.4) is 0 Å². The predicted octanol–water partition coefficient (Wildman–Crippen LogP) is 3.45. The van der Waals surface area contributed by atoms with Crippen LogP contribution in [-0.2, 0) is 11.2 Å². The van der Waals surface area contributed by atoms with Crippen molar-refractivity contribution in [1.82, 2.24) is 24.8 Å². The van der Waals surface area contributed by atoms with Gasteiger partial charge < -0.3 is 20.8 Å². The summed E-state index contributed by atoms with van der Waals surface area (Å²) in [6, 6.07) is 20.7. The average molecular weight is 552 g/mol. The van der Waals surface area contributed by atoms with Crippen molar-refractivity contribution in [2.24, 2.45) is 5.73 Å². The second-order valence-electron chi connectivity index (χ2n) is 9.56. The van der Waals surface area contributed by atoms with Gasteiger partial charge in [-0.25, -0.2) is 9.97 Å². The van der Waals surface area contributed by atoms with E-state index < -0.39 is 11.8 Å². The number of nitrogens with one attached hydrogen (secondary N) is 3. The highest BCUT2D eigenvalue weighted by Crippen LogP contribution is 2.23. The van der Waals surface area contributed by atoms with E-state index in [2.05, 4.69) is 25.6 Å². The van der Waals surface area contributed by atoms with Gasteiger partial charge in [0.15, 0.2) is 12.3 Å². The summed E-state index contributed by atoms with van der Waals surface area (Å²) in [6.07, 6.45) is 2.13. The summed E-state index contributed by atoms with van der Waals surface area (Å²) >= 11 is 0. The van der Waals surface area contributed by atoms with Gasteiger partial charge in [0.05, 0.1) is 16.7 Å². The average Bonchev–Trinajstić information content (AvgIpc) is 3.56. The van der Waals surface area contributed by atoms with Gasteiger partial charge in [0.1, 0.15) is 17.8 Å². The van der Waals surface area contributed by atoms with Crippen LogP contribution < -0.4 is 21.1 Å². The highest BCUT2D eigenvalue weighted by molar-refractivity contribution is 6.10. The van der Waals surface area contributed by atoms with E-state index in [4.69, 9.17) is 10.5 Å². The van der Waals surface area contributed by atoms with Crippen LogP contribution >= 0.6 is 0 Å². The van der Waals surface area contributed by atoms with Gasteiger partial charge in [-0.2, -0.15) is 0 Å². The van der Waals surface area contributed by atoms with E-state index in [1.54, 1.807) is 18.2 Å². The number of ether oxygens (including phenoxy) is 1. The van der Waals surface area contributed by atoms with Crippen molar-refractivity contribution in [2.75, 3.05) is 18.5 Å². The number of nitrogens with zero attached hydrogens (tertiary/aromatic N) is 3. The van der Waals surface area contributed by atoms with Crippen molar-refractivity contribution in [3.05, 3.63) is 101 Å². The van der Waals surface area contributed by atoms with Gasteiger partial charge in [-0.1, -0.05) is 48.0 Å². The summed E-state index contributed by atoms with van der Waals surface area (Å²) < 4.78 is 7.18. The lowest BCUT2D eigenvalue weighted by atomic mass is 10.1. The zero-order valence-electron chi connectivity index (χ0n) is 22.6. The highest BCUT2D eigenvalue weighted by atomic mass is 16.5. The van der Waals surface area contributed by atoms with Crippen LogP contribution in [0.5, 0.6) is 5.75 Å². The summed E-state index contributed by atoms with van der Waals surface area (Å²) in [5.74, 6) is -1.05. The van der Waals surface area contributed by atoms with Crippen LogP contribution in [0, 0.1) is 13.8 Å². The van der Waals surface area contributed by atoms with E-state index in [1.807, 2.05) is 62.4 Å². The molecule has 0 spiro atoms. The first-order valence-electron chi connectivity index (χ1n) is 13.0. The number of aryl methyl sites for hydroxylation is 2. The predicted molar refractivity (Wildman–Crippen MR) is 154 cm³/mol. The lowest BCUT2D eigenvalue weighted by Crippen LogP contribution is -2.30. The number of aromatic amines is 1. The van der Waals surface area contributed by atoms with Crippen LogP contribution in [0.1, 0.15) is 37.7 Å². The number of aromatic nitrogens is 4. The zero-order chi connectivity index (χ0) is 28.9. The molecule has 11 heteroatoms. The van der Waals surface area contributed by atoms with Crippen LogP contribution in [-0.4, -0.2) is 50.4 Å². The number of nitrogens with two attached hydrogens (primary N) is 1. The Bertz CT molecular complexity index is 1740. The molecule has 0 bridgehead atoms. The van der Waals surface area contributed by atoms with E-state index in [-0.39, 0.29) is 29.9 Å². The minimum atomic E-state index is -0.825. The molecule has 208 valence electrons. The molecule has 11 nitrogen and oxygen atoms in total. The Balaban J connectivity index is 1.26. The SMILES string of the molecule is Cc1ccc(-n2cnc(C(N)=O)c2C(=O)Nc2nc3ccc(OCC(=O)NCCc4ccccc4)cc3[nH]2)c(C)c1. The number of fused-ring (bicyclic) bond motifs is 1. The zero-order valence-corrected chi connectivity index (χ0v) is 22.6. The van der Waals surface area contributed by atoms with Crippen LogP contribution in [0.15, 0.2) is 73.1 Å². The van der Waals surface area contributed by atoms with Crippen molar-refractivity contribution in [2.45, 2.75) is 20.3 Å². The summed E-state index contributed by atoms with van der Waals surface area (Å²) in [6.45, 7) is 4.24. The number of hydrogen-bond donors (Lipinski definition) is 4. The molecule has 0 unspecified atom stereocenters. The quantitative estimate of drug-likeness (QED) is 0.208. The van der Waals surface area contributed by atoms with E-state index >= 15 is 0 Å². The Morgan fingerprint density at radius 3 is 2.59 bits per heavy atom. The molecule has 3 amide bonds. The van der Waals surface area contributed by atoms with Crippen molar-refractivity contribution in [3.8, 4) is 11.4 Å². The van der Waals surface area contributed by atoms with Gasteiger partial charge in [0.25, 0.3) is 17.7 Å². The lowest BCUT2D eigenvalue weighted by molar-refractivity contribution is -0.123. The number of anilines is 1. The smallest absolute Gasteiger partial charge is 0.277 e. The number of amides is 3. The number of rotatable bonds is 10. The number of primary amides is 1. The van der Waals surface area contributed by atoms with E-state index in [0.717, 1.165) is 23.1 Å². The molecule has 5 aromatic rings. The molecule has 2 heterocycles. The number of imidazole rings is 2. The second-order valence-corrected chi connectivity index (χ2v) is 9.56. The van der Waals surface area contributed by atoms with Crippen molar-refractivity contribution in [1.29, 1.82) is 0 Å². The fourth-order valence-electron chi connectivity index (χ4n) is 4.50. The first kappa shape index (κ1) is 27.1. The fraction of sp³-hybridized carbons (Fsp3) is 0.167. The molecule has 0 fully saturated rings. The maximum Gasteiger partial charge on any atom is 0.277 e. The van der Waals surface area contributed by atoms with Gasteiger partial charge in [0.2, 0.25) is 5.95 Å². The summed E-state index contributed by atoms with van der Waals surface area (Å²) in [5.41, 5.74) is 10.3. The molecular formula is C30H29N7O4. The Hall–Kier alpha value is -5.45. The molecule has 0 radical (unpaired) electrons. The number of H-pyrrole nitrogens is 1. The Kier molecular flexibility index (Phi) is 7.77. The van der Waals surface area contributed by atoms with Crippen LogP contribution in [0.2, 0.25) is 0 Å². The molecule has 0 atom stereocenters. The summed E-state index contributed by atoms with van der Waals surface area (Å²) in [7, 11) is 0. The third kappa shape index (κ3) is 6.25. The molecule has 0 aliphatic carbocycles. The van der Waals surface area contributed by atoms with Gasteiger partial charge in [-0.3, -0.25) is 24.3 Å². The first-order valence-corrected chi connectivity index (χ1v) is 13.0. The second kappa shape index (κ2) is 11.7. The Morgan fingerprint density at radius 2 is 1.83 bits per heavy atom. The van der Waals surface area contributed by atoms with E-state index in [0.29, 0.717) is 29.0 Å². The van der Waals surface area contributed by atoms with Gasteiger partial charge in [-0.15, -0.1) is 0 Å². The number of benzene rings is 3. The third-order valence-corrected chi connectivity index (χ3v) is 6.46. The molecule has 2 aromatic heterocycles. The topological polar surface area (TPSA) is 157 Å². The number of carbonyl (C=O) groups excluding carboxylic acids is 3. The Morgan fingerprint density at radius 1 is 1.02 bits per heavy atom. The number of carbonyl (C=O) groups is 3. The minimum Gasteiger partial charge on any atom is -0.484 e. The van der Waals surface area contributed by atoms with Crippen molar-refractivity contribution >= 4 is 34.7 Å². The van der Waals surface area contributed by atoms with Crippen LogP contribution in [0.25, 0.3) is 16.7 Å². The molecule has 5 rings (SSSR count). The van der Waals surface area contributed by atoms with Crippen molar-refractivity contribution in [3.63, 3.8) is 0 Å². The molecule has 41 heavy (non-hydrogen) atoms. The van der Waals surface area contributed by atoms with Crippen molar-refractivity contribution < 1.29 is 19.1 Å². The van der Waals surface area contributed by atoms with Gasteiger partial charge >= 0.3 is 0 Å². The molecule has 0 saturated carbocycles. The summed E-state index contributed by atoms with van der Waals surface area (Å²) in [4.78, 5) is 49.2. The first-order chi connectivity index (χ1) is 19.8. The standard InChI is InChI=1S/C30H29N7O4/c1-18-8-11-24(19(2)14-18)37-17-33-26(28(31)39)27(37)29(40)36-30-34-22-10-9-21(15-23(22)35-30)41-16-25(38)32-13-12-20-6-4-3-5-7-20/h3-11,14-15,17H,12-13,16H2,1-2H3,(H2,31,39)(H,32,38)(H2,34,35,36,40). The maximum absolute atomic E-state index is 13.4. The Labute approximate surface area is 235 Å². The highest BCUT2D eigenvalue weighted by Gasteiger charge is 2.25. The number of hydrogen-bond acceptors (Lipinski definition) is 6. The van der Waals surface area contributed by atoms with E-state index in [9.17, 15) is 14.4 Å². The third-order valence-electron chi connectivity index (χ3n) is 6.46. The molecule has 3 aromatic carbocycles. The normalized spacial score (nSPS) is 10.9. The van der Waals surface area contributed by atoms with Gasteiger partial charge in [-0.05, 0) is 49.6 Å². The maximum atomic E-state index is 13.4. The van der Waals surface area contributed by atoms with E-state index in [1.165, 1.54) is 10.9 Å². The fourth-order valence-corrected chi connectivity index (χ4v) is 4.50. The lowest BCUT2D eigenvalue weighted by Gasteiger charge is -2.12. The van der Waals surface area contributed by atoms with Crippen LogP contribution in [0.4, 0.5) is 5.95 Å².